The molecule has 0 N–H and O–H groups in total. The zero-order valence-electron chi connectivity index (χ0n) is 18.4. The number of cyclic esters (lactones) is 1. The molecule has 0 radical (unpaired) electrons. The van der Waals surface area contributed by atoms with Gasteiger partial charge in [-0.25, -0.2) is 9.69 Å². The minimum absolute atomic E-state index is 0.0205. The Morgan fingerprint density at radius 1 is 1.09 bits per heavy atom. The fourth-order valence-corrected chi connectivity index (χ4v) is 5.19. The molecular weight excluding hydrogens is 426 g/mol. The fraction of sp³-hybridized carbons (Fsp3) is 0.462. The van der Waals surface area contributed by atoms with Crippen molar-refractivity contribution < 1.29 is 19.1 Å². The first-order valence-corrected chi connectivity index (χ1v) is 11.9. The Bertz CT molecular complexity index is 909. The van der Waals surface area contributed by atoms with Crippen molar-refractivity contribution in [3.8, 4) is 0 Å². The Morgan fingerprint density at radius 2 is 1.78 bits per heavy atom. The molecule has 2 aromatic carbocycles. The second kappa shape index (κ2) is 10.5. The number of amides is 2. The van der Waals surface area contributed by atoms with Gasteiger partial charge >= 0.3 is 6.09 Å². The molecule has 1 aliphatic heterocycles. The van der Waals surface area contributed by atoms with Gasteiger partial charge in [0.2, 0.25) is 5.91 Å². The van der Waals surface area contributed by atoms with E-state index in [1.54, 1.807) is 0 Å². The second-order valence-electron chi connectivity index (χ2n) is 8.62. The van der Waals surface area contributed by atoms with Crippen LogP contribution < -0.4 is 0 Å². The van der Waals surface area contributed by atoms with Gasteiger partial charge in [-0.3, -0.25) is 4.79 Å². The highest BCUT2D eigenvalue weighted by molar-refractivity contribution is 6.30. The first-order chi connectivity index (χ1) is 15.6. The third-order valence-electron chi connectivity index (χ3n) is 6.71. The number of nitrogens with zero attached hydrogens (tertiary/aromatic N) is 1. The van der Waals surface area contributed by atoms with E-state index in [1.165, 1.54) is 4.90 Å². The number of benzene rings is 2. The van der Waals surface area contributed by atoms with Crippen molar-refractivity contribution in [2.45, 2.75) is 57.1 Å². The van der Waals surface area contributed by atoms with Crippen molar-refractivity contribution in [3.63, 3.8) is 0 Å². The van der Waals surface area contributed by atoms with Crippen molar-refractivity contribution in [1.29, 1.82) is 0 Å². The van der Waals surface area contributed by atoms with Crippen molar-refractivity contribution in [2.24, 2.45) is 5.92 Å². The van der Waals surface area contributed by atoms with E-state index in [0.29, 0.717) is 17.0 Å². The summed E-state index contributed by atoms with van der Waals surface area (Å²) < 4.78 is 11.1. The van der Waals surface area contributed by atoms with E-state index in [-0.39, 0.29) is 30.9 Å². The number of rotatable bonds is 7. The van der Waals surface area contributed by atoms with Gasteiger partial charge in [0.25, 0.3) is 0 Å². The predicted octanol–water partition coefficient (Wildman–Crippen LogP) is 6.13. The quantitative estimate of drug-likeness (QED) is 0.504. The van der Waals surface area contributed by atoms with Gasteiger partial charge in [-0.2, -0.15) is 0 Å². The SMILES string of the molecule is CCOC1CCC([C@@H](CC(=O)N2C(=O)OC[C@@H]2c2ccccc2)c2ccc(Cl)cc2)CC1. The summed E-state index contributed by atoms with van der Waals surface area (Å²) >= 11 is 6.12. The highest BCUT2D eigenvalue weighted by Crippen LogP contribution is 2.40. The zero-order valence-corrected chi connectivity index (χ0v) is 19.2. The maximum atomic E-state index is 13.5. The van der Waals surface area contributed by atoms with Gasteiger partial charge in [0, 0.05) is 18.1 Å². The molecule has 6 heteroatoms. The predicted molar refractivity (Wildman–Crippen MR) is 124 cm³/mol. The molecule has 4 rings (SSSR count). The van der Waals surface area contributed by atoms with Crippen LogP contribution in [-0.2, 0) is 14.3 Å². The molecule has 0 bridgehead atoms. The lowest BCUT2D eigenvalue weighted by Crippen LogP contribution is -2.36. The van der Waals surface area contributed by atoms with E-state index < -0.39 is 6.09 Å². The molecule has 2 amide bonds. The number of imide groups is 1. The van der Waals surface area contributed by atoms with Gasteiger partial charge in [0.15, 0.2) is 0 Å². The molecule has 0 aromatic heterocycles. The molecule has 5 nitrogen and oxygen atoms in total. The van der Waals surface area contributed by atoms with Crippen molar-refractivity contribution in [2.75, 3.05) is 13.2 Å². The number of halogens is 1. The standard InChI is InChI=1S/C26H30ClNO4/c1-2-31-22-14-10-19(11-15-22)23(18-8-12-21(27)13-9-18)16-25(29)28-24(17-32-26(28)30)20-6-4-3-5-7-20/h3-9,12-13,19,22-24H,2,10-11,14-17H2,1H3/t19?,22?,23-,24+/m0/s1. The highest BCUT2D eigenvalue weighted by Gasteiger charge is 2.40. The summed E-state index contributed by atoms with van der Waals surface area (Å²) in [6.45, 7) is 2.95. The molecule has 2 fully saturated rings. The number of hydrogen-bond donors (Lipinski definition) is 0. The average Bonchev–Trinajstić information content (AvgIpc) is 3.21. The van der Waals surface area contributed by atoms with E-state index in [4.69, 9.17) is 21.1 Å². The number of hydrogen-bond acceptors (Lipinski definition) is 4. The smallest absolute Gasteiger partial charge is 0.417 e. The summed E-state index contributed by atoms with van der Waals surface area (Å²) in [6.07, 6.45) is 4.00. The van der Waals surface area contributed by atoms with Gasteiger partial charge in [0.05, 0.1) is 6.10 Å². The van der Waals surface area contributed by atoms with Gasteiger partial charge in [-0.1, -0.05) is 54.1 Å². The Labute approximate surface area is 194 Å². The maximum Gasteiger partial charge on any atom is 0.417 e. The molecule has 0 spiro atoms. The second-order valence-corrected chi connectivity index (χ2v) is 9.06. The molecule has 2 aliphatic rings. The summed E-state index contributed by atoms with van der Waals surface area (Å²) in [7, 11) is 0. The Morgan fingerprint density at radius 3 is 2.44 bits per heavy atom. The van der Waals surface area contributed by atoms with E-state index in [1.807, 2.05) is 61.5 Å². The first kappa shape index (κ1) is 22.8. The van der Waals surface area contributed by atoms with Crippen LogP contribution in [0.5, 0.6) is 0 Å². The van der Waals surface area contributed by atoms with Crippen LogP contribution in [0.1, 0.15) is 62.1 Å². The molecule has 170 valence electrons. The molecule has 2 aromatic rings. The van der Waals surface area contributed by atoms with Gasteiger partial charge in [-0.05, 0) is 67.7 Å². The van der Waals surface area contributed by atoms with E-state index in [0.717, 1.165) is 43.4 Å². The van der Waals surface area contributed by atoms with Crippen molar-refractivity contribution >= 4 is 23.6 Å². The zero-order chi connectivity index (χ0) is 22.5. The Hall–Kier alpha value is -2.37. The number of ether oxygens (including phenoxy) is 2. The maximum absolute atomic E-state index is 13.5. The average molecular weight is 456 g/mol. The van der Waals surface area contributed by atoms with E-state index >= 15 is 0 Å². The highest BCUT2D eigenvalue weighted by atomic mass is 35.5. The molecule has 1 saturated heterocycles. The topological polar surface area (TPSA) is 55.8 Å². The minimum Gasteiger partial charge on any atom is -0.446 e. The normalized spacial score (nSPS) is 24.2. The van der Waals surface area contributed by atoms with Crippen LogP contribution in [0, 0.1) is 5.92 Å². The van der Waals surface area contributed by atoms with Crippen LogP contribution in [0.2, 0.25) is 5.02 Å². The summed E-state index contributed by atoms with van der Waals surface area (Å²) in [5.74, 6) is 0.186. The lowest BCUT2D eigenvalue weighted by molar-refractivity contribution is -0.130. The largest absolute Gasteiger partial charge is 0.446 e. The van der Waals surface area contributed by atoms with Gasteiger partial charge < -0.3 is 9.47 Å². The van der Waals surface area contributed by atoms with Gasteiger partial charge in [0.1, 0.15) is 12.6 Å². The number of carbonyl (C=O) groups is 2. The lowest BCUT2D eigenvalue weighted by Gasteiger charge is -2.34. The van der Waals surface area contributed by atoms with E-state index in [2.05, 4.69) is 0 Å². The molecule has 32 heavy (non-hydrogen) atoms. The molecular formula is C26H30ClNO4. The van der Waals surface area contributed by atoms with Crippen LogP contribution in [0.4, 0.5) is 4.79 Å². The molecule has 2 atom stereocenters. The fourth-order valence-electron chi connectivity index (χ4n) is 5.06. The Kier molecular flexibility index (Phi) is 7.48. The van der Waals surface area contributed by atoms with Crippen LogP contribution in [0.15, 0.2) is 54.6 Å². The van der Waals surface area contributed by atoms with E-state index in [9.17, 15) is 9.59 Å². The molecule has 1 heterocycles. The van der Waals surface area contributed by atoms with Gasteiger partial charge in [-0.15, -0.1) is 0 Å². The Balaban J connectivity index is 1.54. The summed E-state index contributed by atoms with van der Waals surface area (Å²) in [4.78, 5) is 27.3. The van der Waals surface area contributed by atoms with Crippen molar-refractivity contribution in [1.82, 2.24) is 4.90 Å². The minimum atomic E-state index is -0.557. The monoisotopic (exact) mass is 455 g/mol. The molecule has 1 aliphatic carbocycles. The van der Waals surface area contributed by atoms with Crippen LogP contribution in [-0.4, -0.2) is 36.2 Å². The van der Waals surface area contributed by atoms with Crippen LogP contribution in [0.3, 0.4) is 0 Å². The number of carbonyl (C=O) groups excluding carboxylic acids is 2. The van der Waals surface area contributed by atoms with Crippen LogP contribution in [0.25, 0.3) is 0 Å². The third-order valence-corrected chi connectivity index (χ3v) is 6.96. The summed E-state index contributed by atoms with van der Waals surface area (Å²) in [6, 6.07) is 17.0. The molecule has 1 saturated carbocycles. The lowest BCUT2D eigenvalue weighted by atomic mass is 9.74. The van der Waals surface area contributed by atoms with Crippen LogP contribution >= 0.6 is 11.6 Å². The first-order valence-electron chi connectivity index (χ1n) is 11.5. The molecule has 0 unspecified atom stereocenters. The van der Waals surface area contributed by atoms with Crippen molar-refractivity contribution in [3.05, 3.63) is 70.7 Å². The summed E-state index contributed by atoms with van der Waals surface area (Å²) in [5.41, 5.74) is 2.00. The third kappa shape index (κ3) is 5.16. The summed E-state index contributed by atoms with van der Waals surface area (Å²) in [5, 5.41) is 0.672.